The summed E-state index contributed by atoms with van der Waals surface area (Å²) in [6.07, 6.45) is -0.480. The average molecular weight is 576 g/mol. The van der Waals surface area contributed by atoms with Gasteiger partial charge in [-0.25, -0.2) is 8.42 Å². The Labute approximate surface area is 239 Å². The van der Waals surface area contributed by atoms with Crippen molar-refractivity contribution in [3.8, 4) is 5.75 Å². The highest BCUT2D eigenvalue weighted by Crippen LogP contribution is 2.20. The van der Waals surface area contributed by atoms with Crippen LogP contribution in [0.25, 0.3) is 0 Å². The van der Waals surface area contributed by atoms with Gasteiger partial charge in [0, 0.05) is 39.6 Å². The Balaban J connectivity index is 2.37. The minimum absolute atomic E-state index is 0.0644. The van der Waals surface area contributed by atoms with Crippen LogP contribution in [-0.2, 0) is 32.4 Å². The van der Waals surface area contributed by atoms with Gasteiger partial charge in [0.2, 0.25) is 11.8 Å². The molecule has 2 aromatic rings. The standard InChI is InChI=1S/C30H45N3O6S/c1-22(2)14-15-40(37,38)21-25(18-29(35)32(3)4)30(36)33(19-24-12-9-13-26(16-24)39-5)20-28(34)27(31)17-23-10-7-6-8-11-23/h6-13,16,22,25,27-28,34H,14-15,17-21,31H2,1-5H3/t25?,27-,28+/m0/s1. The van der Waals surface area contributed by atoms with E-state index in [2.05, 4.69) is 0 Å². The van der Waals surface area contributed by atoms with E-state index in [9.17, 15) is 23.1 Å². The van der Waals surface area contributed by atoms with Crippen LogP contribution in [-0.4, -0.2) is 86.5 Å². The monoisotopic (exact) mass is 575 g/mol. The summed E-state index contributed by atoms with van der Waals surface area (Å²) in [5.41, 5.74) is 8.02. The van der Waals surface area contributed by atoms with Crippen LogP contribution in [0.1, 0.15) is 37.8 Å². The summed E-state index contributed by atoms with van der Waals surface area (Å²) in [6, 6.07) is 16.0. The second kappa shape index (κ2) is 15.7. The van der Waals surface area contributed by atoms with Crippen molar-refractivity contribution in [1.29, 1.82) is 0 Å². The summed E-state index contributed by atoms with van der Waals surface area (Å²) in [6.45, 7) is 3.83. The van der Waals surface area contributed by atoms with E-state index < -0.39 is 39.6 Å². The van der Waals surface area contributed by atoms with Gasteiger partial charge in [0.05, 0.1) is 30.6 Å². The van der Waals surface area contributed by atoms with Crippen LogP contribution >= 0.6 is 0 Å². The first-order valence-corrected chi connectivity index (χ1v) is 15.4. The van der Waals surface area contributed by atoms with Gasteiger partial charge in [-0.1, -0.05) is 56.3 Å². The van der Waals surface area contributed by atoms with Gasteiger partial charge >= 0.3 is 0 Å². The first-order valence-electron chi connectivity index (χ1n) is 13.6. The first kappa shape index (κ1) is 33.3. The Morgan fingerprint density at radius 3 is 2.27 bits per heavy atom. The number of aliphatic hydroxyl groups excluding tert-OH is 1. The number of hydrogen-bond acceptors (Lipinski definition) is 7. The fourth-order valence-corrected chi connectivity index (χ4v) is 6.15. The lowest BCUT2D eigenvalue weighted by Crippen LogP contribution is -2.49. The van der Waals surface area contributed by atoms with Crippen molar-refractivity contribution >= 4 is 21.7 Å². The first-order chi connectivity index (χ1) is 18.8. The van der Waals surface area contributed by atoms with Crippen LogP contribution in [0.2, 0.25) is 0 Å². The lowest BCUT2D eigenvalue weighted by molar-refractivity contribution is -0.141. The Bertz CT molecular complexity index is 1190. The molecule has 3 atom stereocenters. The van der Waals surface area contributed by atoms with E-state index in [1.165, 1.54) is 9.80 Å². The summed E-state index contributed by atoms with van der Waals surface area (Å²) in [7, 11) is 1.05. The molecule has 0 aliphatic heterocycles. The smallest absolute Gasteiger partial charge is 0.227 e. The highest BCUT2D eigenvalue weighted by atomic mass is 32.2. The lowest BCUT2D eigenvalue weighted by atomic mass is 10.00. The molecule has 0 fully saturated rings. The molecule has 0 aromatic heterocycles. The van der Waals surface area contributed by atoms with E-state index in [4.69, 9.17) is 10.5 Å². The van der Waals surface area contributed by atoms with Crippen molar-refractivity contribution in [1.82, 2.24) is 9.80 Å². The molecule has 0 saturated heterocycles. The number of sulfone groups is 1. The van der Waals surface area contributed by atoms with Crippen LogP contribution in [0.5, 0.6) is 5.75 Å². The van der Waals surface area contributed by atoms with E-state index in [0.29, 0.717) is 18.6 Å². The van der Waals surface area contributed by atoms with Crippen molar-refractivity contribution in [2.75, 3.05) is 39.3 Å². The molecular formula is C30H45N3O6S. The number of aliphatic hydroxyl groups is 1. The zero-order chi connectivity index (χ0) is 29.9. The fraction of sp³-hybridized carbons (Fsp3) is 0.533. The molecule has 0 aliphatic rings. The number of hydrogen-bond donors (Lipinski definition) is 2. The molecule has 0 heterocycles. The number of ether oxygens (including phenoxy) is 1. The molecule has 9 nitrogen and oxygen atoms in total. The summed E-state index contributed by atoms with van der Waals surface area (Å²) < 4.78 is 31.4. The zero-order valence-electron chi connectivity index (χ0n) is 24.3. The molecule has 0 saturated carbocycles. The van der Waals surface area contributed by atoms with Crippen molar-refractivity contribution in [3.63, 3.8) is 0 Å². The summed E-state index contributed by atoms with van der Waals surface area (Å²) in [5.74, 6) is -1.70. The van der Waals surface area contributed by atoms with E-state index in [-0.39, 0.29) is 37.1 Å². The third kappa shape index (κ3) is 11.3. The number of methoxy groups -OCH3 is 1. The Morgan fingerprint density at radius 2 is 1.68 bits per heavy atom. The Morgan fingerprint density at radius 1 is 1.02 bits per heavy atom. The molecular weight excluding hydrogens is 530 g/mol. The van der Waals surface area contributed by atoms with Gasteiger partial charge in [-0.15, -0.1) is 0 Å². The summed E-state index contributed by atoms with van der Waals surface area (Å²) in [4.78, 5) is 29.4. The van der Waals surface area contributed by atoms with Crippen LogP contribution in [0.4, 0.5) is 0 Å². The van der Waals surface area contributed by atoms with Gasteiger partial charge < -0.3 is 25.4 Å². The topological polar surface area (TPSA) is 130 Å². The summed E-state index contributed by atoms with van der Waals surface area (Å²) in [5, 5.41) is 11.1. The van der Waals surface area contributed by atoms with E-state index in [0.717, 1.165) is 11.1 Å². The third-order valence-electron chi connectivity index (χ3n) is 6.77. The van der Waals surface area contributed by atoms with Crippen molar-refractivity contribution in [2.45, 2.75) is 51.8 Å². The molecule has 10 heteroatoms. The molecule has 2 amide bonds. The highest BCUT2D eigenvalue weighted by molar-refractivity contribution is 7.91. The quantitative estimate of drug-likeness (QED) is 0.315. The van der Waals surface area contributed by atoms with Gasteiger partial charge in [-0.3, -0.25) is 9.59 Å². The molecule has 0 radical (unpaired) electrons. The normalized spacial score (nSPS) is 13.9. The van der Waals surface area contributed by atoms with E-state index in [1.807, 2.05) is 50.2 Å². The molecule has 2 aromatic carbocycles. The molecule has 0 bridgehead atoms. The van der Waals surface area contributed by atoms with Crippen LogP contribution in [0.3, 0.4) is 0 Å². The minimum Gasteiger partial charge on any atom is -0.497 e. The molecule has 2 rings (SSSR count). The highest BCUT2D eigenvalue weighted by Gasteiger charge is 2.33. The SMILES string of the molecule is COc1cccc(CN(C[C@@H](O)[C@@H](N)Cc2ccccc2)C(=O)C(CC(=O)N(C)C)CS(=O)(=O)CCC(C)C)c1. The van der Waals surface area contributed by atoms with Crippen molar-refractivity contribution in [3.05, 3.63) is 65.7 Å². The number of amides is 2. The van der Waals surface area contributed by atoms with Gasteiger partial charge in [-0.05, 0) is 42.0 Å². The average Bonchev–Trinajstić information content (AvgIpc) is 2.91. The maximum absolute atomic E-state index is 14.0. The Kier molecular flexibility index (Phi) is 13.1. The Hall–Kier alpha value is -2.95. The predicted octanol–water partition coefficient (Wildman–Crippen LogP) is 2.51. The molecule has 1 unspecified atom stereocenters. The number of carbonyl (C=O) groups excluding carboxylic acids is 2. The zero-order valence-corrected chi connectivity index (χ0v) is 25.1. The van der Waals surface area contributed by atoms with E-state index >= 15 is 0 Å². The molecule has 3 N–H and O–H groups in total. The van der Waals surface area contributed by atoms with E-state index in [1.54, 1.807) is 39.4 Å². The lowest BCUT2D eigenvalue weighted by Gasteiger charge is -2.31. The van der Waals surface area contributed by atoms with Gasteiger partial charge in [0.15, 0.2) is 9.84 Å². The van der Waals surface area contributed by atoms with Crippen LogP contribution in [0, 0.1) is 11.8 Å². The largest absolute Gasteiger partial charge is 0.497 e. The van der Waals surface area contributed by atoms with Gasteiger partial charge in [0.1, 0.15) is 5.75 Å². The number of benzene rings is 2. The van der Waals surface area contributed by atoms with Crippen LogP contribution < -0.4 is 10.5 Å². The molecule has 0 aliphatic carbocycles. The van der Waals surface area contributed by atoms with Gasteiger partial charge in [0.25, 0.3) is 0 Å². The van der Waals surface area contributed by atoms with Gasteiger partial charge in [-0.2, -0.15) is 0 Å². The third-order valence-corrected chi connectivity index (χ3v) is 8.53. The summed E-state index contributed by atoms with van der Waals surface area (Å²) >= 11 is 0. The second-order valence-corrected chi connectivity index (χ2v) is 13.2. The second-order valence-electron chi connectivity index (χ2n) is 11.0. The molecule has 0 spiro atoms. The van der Waals surface area contributed by atoms with Crippen LogP contribution in [0.15, 0.2) is 54.6 Å². The maximum atomic E-state index is 14.0. The number of rotatable bonds is 16. The minimum atomic E-state index is -3.62. The molecule has 222 valence electrons. The predicted molar refractivity (Wildman–Crippen MR) is 157 cm³/mol. The maximum Gasteiger partial charge on any atom is 0.227 e. The number of nitrogens with two attached hydrogens (primary N) is 1. The fourth-order valence-electron chi connectivity index (χ4n) is 4.28. The molecule has 40 heavy (non-hydrogen) atoms. The van der Waals surface area contributed by atoms with Crippen molar-refractivity contribution < 1.29 is 27.9 Å². The number of nitrogens with zero attached hydrogens (tertiary/aromatic N) is 2. The van der Waals surface area contributed by atoms with Crippen molar-refractivity contribution in [2.24, 2.45) is 17.6 Å². The number of carbonyl (C=O) groups is 2.